The summed E-state index contributed by atoms with van der Waals surface area (Å²) in [4.78, 5) is 12.0. The lowest BCUT2D eigenvalue weighted by Crippen LogP contribution is -2.41. The van der Waals surface area contributed by atoms with Crippen LogP contribution in [0, 0.1) is 0 Å². The fourth-order valence-electron chi connectivity index (χ4n) is 1.45. The molecule has 106 valence electrons. The molecule has 0 aliphatic carbocycles. The Balaban J connectivity index is 2.62. The Kier molecular flexibility index (Phi) is 6.46. The minimum atomic E-state index is -0.982. The highest BCUT2D eigenvalue weighted by atomic mass is 79.9. The van der Waals surface area contributed by atoms with E-state index in [-0.39, 0.29) is 12.5 Å². The van der Waals surface area contributed by atoms with Crippen molar-refractivity contribution in [1.29, 1.82) is 0 Å². The van der Waals surface area contributed by atoms with Crippen molar-refractivity contribution >= 4 is 37.8 Å². The molecule has 0 aliphatic rings. The Morgan fingerprint density at radius 2 is 2.16 bits per heavy atom. The second-order valence-electron chi connectivity index (χ2n) is 4.55. The molecule has 0 aromatic heterocycles. The summed E-state index contributed by atoms with van der Waals surface area (Å²) in [5.41, 5.74) is -0.457. The molecule has 0 saturated heterocycles. The van der Waals surface area contributed by atoms with E-state index in [1.54, 1.807) is 26.2 Å². The van der Waals surface area contributed by atoms with E-state index in [1.807, 2.05) is 6.07 Å². The molecule has 4 nitrogen and oxygen atoms in total. The fraction of sp³-hybridized carbons (Fsp3) is 0.462. The number of halogens is 2. The first-order chi connectivity index (χ1) is 8.85. The van der Waals surface area contributed by atoms with Gasteiger partial charge in [-0.25, -0.2) is 0 Å². The average Bonchev–Trinajstić information content (AvgIpc) is 2.36. The van der Waals surface area contributed by atoms with E-state index in [0.29, 0.717) is 23.1 Å². The molecular weight excluding hydrogens is 378 g/mol. The molecule has 1 aromatic rings. The summed E-state index contributed by atoms with van der Waals surface area (Å²) in [6.07, 6.45) is 0.462. The van der Waals surface area contributed by atoms with Crippen LogP contribution in [-0.4, -0.2) is 36.9 Å². The maximum atomic E-state index is 12.0. The van der Waals surface area contributed by atoms with Gasteiger partial charge in [-0.1, -0.05) is 15.9 Å². The van der Waals surface area contributed by atoms with Crippen LogP contribution in [0.25, 0.3) is 0 Å². The number of methoxy groups -OCH3 is 1. The van der Waals surface area contributed by atoms with Crippen molar-refractivity contribution < 1.29 is 14.6 Å². The van der Waals surface area contributed by atoms with Gasteiger partial charge in [0.2, 0.25) is 0 Å². The van der Waals surface area contributed by atoms with Gasteiger partial charge < -0.3 is 15.2 Å². The van der Waals surface area contributed by atoms with Gasteiger partial charge in [-0.3, -0.25) is 4.79 Å². The molecule has 6 heteroatoms. The van der Waals surface area contributed by atoms with Crippen LogP contribution in [-0.2, 0) is 4.74 Å². The van der Waals surface area contributed by atoms with Gasteiger partial charge in [-0.2, -0.15) is 0 Å². The zero-order valence-electron chi connectivity index (χ0n) is 10.9. The van der Waals surface area contributed by atoms with Crippen LogP contribution in [0.3, 0.4) is 0 Å². The third kappa shape index (κ3) is 5.60. The van der Waals surface area contributed by atoms with Crippen LogP contribution in [0.15, 0.2) is 27.1 Å². The molecule has 0 saturated carbocycles. The number of amides is 1. The van der Waals surface area contributed by atoms with Crippen LogP contribution in [0.2, 0.25) is 0 Å². The summed E-state index contributed by atoms with van der Waals surface area (Å²) >= 11 is 6.65. The first-order valence-electron chi connectivity index (χ1n) is 5.80. The van der Waals surface area contributed by atoms with Crippen LogP contribution in [0.1, 0.15) is 23.7 Å². The Morgan fingerprint density at radius 1 is 1.47 bits per heavy atom. The van der Waals surface area contributed by atoms with E-state index in [1.165, 1.54) is 0 Å². The van der Waals surface area contributed by atoms with Crippen molar-refractivity contribution in [2.24, 2.45) is 0 Å². The number of rotatable bonds is 6. The zero-order valence-corrected chi connectivity index (χ0v) is 14.0. The molecule has 0 heterocycles. The highest BCUT2D eigenvalue weighted by Gasteiger charge is 2.21. The van der Waals surface area contributed by atoms with Gasteiger partial charge in [0, 0.05) is 35.6 Å². The highest BCUT2D eigenvalue weighted by Crippen LogP contribution is 2.21. The smallest absolute Gasteiger partial charge is 0.252 e. The van der Waals surface area contributed by atoms with Gasteiger partial charge in [0.15, 0.2) is 0 Å². The van der Waals surface area contributed by atoms with E-state index >= 15 is 0 Å². The molecule has 0 aliphatic heterocycles. The summed E-state index contributed by atoms with van der Waals surface area (Å²) < 4.78 is 6.46. The minimum Gasteiger partial charge on any atom is -0.388 e. The summed E-state index contributed by atoms with van der Waals surface area (Å²) in [6, 6.07) is 5.36. The highest BCUT2D eigenvalue weighted by molar-refractivity contribution is 9.11. The van der Waals surface area contributed by atoms with E-state index in [2.05, 4.69) is 37.2 Å². The number of carbonyl (C=O) groups excluding carboxylic acids is 1. The molecule has 0 fully saturated rings. The quantitative estimate of drug-likeness (QED) is 0.779. The summed E-state index contributed by atoms with van der Waals surface area (Å²) in [6.45, 7) is 2.29. The number of aliphatic hydroxyl groups is 1. The lowest BCUT2D eigenvalue weighted by atomic mass is 10.0. The Morgan fingerprint density at radius 3 is 2.79 bits per heavy atom. The van der Waals surface area contributed by atoms with Crippen molar-refractivity contribution in [3.8, 4) is 0 Å². The molecule has 1 rings (SSSR count). The van der Waals surface area contributed by atoms with Crippen molar-refractivity contribution in [2.45, 2.75) is 18.9 Å². The molecule has 1 unspecified atom stereocenters. The molecule has 2 N–H and O–H groups in total. The molecule has 1 amide bonds. The first kappa shape index (κ1) is 16.6. The molecule has 0 spiro atoms. The number of carbonyl (C=O) groups is 1. The zero-order chi connectivity index (χ0) is 14.5. The topological polar surface area (TPSA) is 58.6 Å². The van der Waals surface area contributed by atoms with Crippen molar-refractivity contribution in [3.05, 3.63) is 32.7 Å². The van der Waals surface area contributed by atoms with E-state index in [0.717, 1.165) is 4.47 Å². The molecule has 1 aromatic carbocycles. The van der Waals surface area contributed by atoms with E-state index < -0.39 is 5.60 Å². The normalized spacial score (nSPS) is 13.9. The van der Waals surface area contributed by atoms with Crippen LogP contribution in [0.5, 0.6) is 0 Å². The predicted molar refractivity (Wildman–Crippen MR) is 81.3 cm³/mol. The molecule has 1 atom stereocenters. The van der Waals surface area contributed by atoms with Crippen molar-refractivity contribution in [2.75, 3.05) is 20.3 Å². The second-order valence-corrected chi connectivity index (χ2v) is 6.32. The molecule has 0 radical (unpaired) electrons. The third-order valence-corrected chi connectivity index (χ3v) is 3.83. The number of nitrogens with one attached hydrogen (secondary N) is 1. The Bertz CT molecular complexity index is 450. The average molecular weight is 395 g/mol. The lowest BCUT2D eigenvalue weighted by Gasteiger charge is -2.23. The van der Waals surface area contributed by atoms with Crippen molar-refractivity contribution in [3.63, 3.8) is 0 Å². The second kappa shape index (κ2) is 7.38. The predicted octanol–water partition coefficient (Wildman–Crippen LogP) is 2.73. The Hall–Kier alpha value is -0.430. The van der Waals surface area contributed by atoms with Crippen LogP contribution >= 0.6 is 31.9 Å². The Labute approximate surface area is 129 Å². The lowest BCUT2D eigenvalue weighted by molar-refractivity contribution is 0.0243. The monoisotopic (exact) mass is 393 g/mol. The summed E-state index contributed by atoms with van der Waals surface area (Å²) in [5.74, 6) is -0.231. The van der Waals surface area contributed by atoms with E-state index in [9.17, 15) is 9.90 Å². The number of ether oxygens (including phenoxy) is 1. The van der Waals surface area contributed by atoms with Gasteiger partial charge in [-0.05, 0) is 41.1 Å². The van der Waals surface area contributed by atoms with E-state index in [4.69, 9.17) is 4.74 Å². The number of hydrogen-bond acceptors (Lipinski definition) is 3. The maximum Gasteiger partial charge on any atom is 0.252 e. The number of benzene rings is 1. The number of hydrogen-bond donors (Lipinski definition) is 2. The van der Waals surface area contributed by atoms with Crippen LogP contribution < -0.4 is 5.32 Å². The summed E-state index contributed by atoms with van der Waals surface area (Å²) in [5, 5.41) is 12.8. The van der Waals surface area contributed by atoms with Gasteiger partial charge in [-0.15, -0.1) is 0 Å². The maximum absolute atomic E-state index is 12.0. The minimum absolute atomic E-state index is 0.175. The fourth-order valence-corrected chi connectivity index (χ4v) is 2.24. The van der Waals surface area contributed by atoms with Crippen molar-refractivity contribution in [1.82, 2.24) is 5.32 Å². The molecule has 0 bridgehead atoms. The summed E-state index contributed by atoms with van der Waals surface area (Å²) in [7, 11) is 1.58. The van der Waals surface area contributed by atoms with Gasteiger partial charge >= 0.3 is 0 Å². The SMILES string of the molecule is COCCC(C)(O)CNC(=O)c1cc(Br)ccc1Br. The van der Waals surface area contributed by atoms with Crippen LogP contribution in [0.4, 0.5) is 0 Å². The van der Waals surface area contributed by atoms with Gasteiger partial charge in [0.05, 0.1) is 11.2 Å². The van der Waals surface area contributed by atoms with Gasteiger partial charge in [0.1, 0.15) is 0 Å². The third-order valence-electron chi connectivity index (χ3n) is 2.65. The largest absolute Gasteiger partial charge is 0.388 e. The molecule has 19 heavy (non-hydrogen) atoms. The van der Waals surface area contributed by atoms with Gasteiger partial charge in [0.25, 0.3) is 5.91 Å². The standard InChI is InChI=1S/C13H17Br2NO3/c1-13(18,5-6-19-2)8-16-12(17)10-7-9(14)3-4-11(10)15/h3-4,7,18H,5-6,8H2,1-2H3,(H,16,17). The molecular formula is C13H17Br2NO3. The first-order valence-corrected chi connectivity index (χ1v) is 7.39.